The predicted octanol–water partition coefficient (Wildman–Crippen LogP) is 0.956. The topological polar surface area (TPSA) is 76.3 Å². The van der Waals surface area contributed by atoms with E-state index in [-0.39, 0.29) is 11.7 Å². The van der Waals surface area contributed by atoms with E-state index >= 15 is 0 Å². The molecule has 5 nitrogen and oxygen atoms in total. The SMILES string of the molecule is O=C(NCc1ccc(O)cc1)c1cc[n+]([O-])cc1. The number of carbonyl (C=O) groups excluding carboxylic acids is 1. The molecule has 0 aliphatic heterocycles. The minimum absolute atomic E-state index is 0.188. The van der Waals surface area contributed by atoms with E-state index in [0.29, 0.717) is 16.8 Å². The van der Waals surface area contributed by atoms with Crippen LogP contribution in [0, 0.1) is 5.21 Å². The second-order valence-electron chi connectivity index (χ2n) is 3.80. The van der Waals surface area contributed by atoms with Crippen molar-refractivity contribution in [3.63, 3.8) is 0 Å². The number of aromatic hydroxyl groups is 1. The second-order valence-corrected chi connectivity index (χ2v) is 3.80. The fraction of sp³-hybridized carbons (Fsp3) is 0.0769. The van der Waals surface area contributed by atoms with Gasteiger partial charge in [0.1, 0.15) is 5.75 Å². The molecule has 2 aromatic rings. The van der Waals surface area contributed by atoms with Gasteiger partial charge in [0.25, 0.3) is 5.91 Å². The summed E-state index contributed by atoms with van der Waals surface area (Å²) in [7, 11) is 0. The van der Waals surface area contributed by atoms with Crippen LogP contribution in [0.5, 0.6) is 5.75 Å². The highest BCUT2D eigenvalue weighted by atomic mass is 16.5. The maximum absolute atomic E-state index is 11.7. The first-order valence-electron chi connectivity index (χ1n) is 5.40. The van der Waals surface area contributed by atoms with Crippen LogP contribution in [-0.2, 0) is 6.54 Å². The van der Waals surface area contributed by atoms with Gasteiger partial charge in [-0.25, -0.2) is 0 Å². The third-order valence-corrected chi connectivity index (χ3v) is 2.45. The molecular formula is C13H12N2O3. The van der Waals surface area contributed by atoms with E-state index in [0.717, 1.165) is 5.56 Å². The Morgan fingerprint density at radius 3 is 2.39 bits per heavy atom. The first-order valence-corrected chi connectivity index (χ1v) is 5.40. The quantitative estimate of drug-likeness (QED) is 0.623. The van der Waals surface area contributed by atoms with Gasteiger partial charge in [0.05, 0.1) is 5.56 Å². The van der Waals surface area contributed by atoms with Gasteiger partial charge in [0.15, 0.2) is 12.4 Å². The van der Waals surface area contributed by atoms with Gasteiger partial charge >= 0.3 is 0 Å². The number of amides is 1. The van der Waals surface area contributed by atoms with E-state index in [1.807, 2.05) is 0 Å². The molecule has 0 spiro atoms. The number of aromatic nitrogens is 1. The van der Waals surface area contributed by atoms with Crippen molar-refractivity contribution in [1.29, 1.82) is 0 Å². The molecule has 0 saturated carbocycles. The van der Waals surface area contributed by atoms with E-state index in [1.54, 1.807) is 24.3 Å². The van der Waals surface area contributed by atoms with Gasteiger partial charge in [-0.15, -0.1) is 0 Å². The van der Waals surface area contributed by atoms with Crippen molar-refractivity contribution in [2.75, 3.05) is 0 Å². The number of rotatable bonds is 3. The lowest BCUT2D eigenvalue weighted by atomic mass is 10.2. The molecule has 1 aromatic carbocycles. The molecule has 2 N–H and O–H groups in total. The largest absolute Gasteiger partial charge is 0.619 e. The standard InChI is InChI=1S/C13H12N2O3/c16-12-3-1-10(2-4-12)9-14-13(17)11-5-7-15(18)8-6-11/h1-8,16H,9H2,(H,14,17). The minimum atomic E-state index is -0.247. The number of pyridine rings is 1. The third kappa shape index (κ3) is 2.98. The van der Waals surface area contributed by atoms with Crippen molar-refractivity contribution >= 4 is 5.91 Å². The first-order chi connectivity index (χ1) is 8.65. The van der Waals surface area contributed by atoms with Crippen LogP contribution >= 0.6 is 0 Å². The van der Waals surface area contributed by atoms with Crippen molar-refractivity contribution in [3.05, 3.63) is 65.1 Å². The summed E-state index contributed by atoms with van der Waals surface area (Å²) in [6.07, 6.45) is 2.55. The average Bonchev–Trinajstić information content (AvgIpc) is 2.38. The molecule has 5 heteroatoms. The van der Waals surface area contributed by atoms with Gasteiger partial charge in [-0.1, -0.05) is 12.1 Å². The molecule has 1 aromatic heterocycles. The zero-order chi connectivity index (χ0) is 13.0. The number of phenolic OH excluding ortho intramolecular Hbond substituents is 1. The Balaban J connectivity index is 1.96. The van der Waals surface area contributed by atoms with Gasteiger partial charge in [0.2, 0.25) is 0 Å². The lowest BCUT2D eigenvalue weighted by Gasteiger charge is -2.05. The number of phenols is 1. The summed E-state index contributed by atoms with van der Waals surface area (Å²) < 4.78 is 0.622. The Bertz CT molecular complexity index is 535. The van der Waals surface area contributed by atoms with E-state index < -0.39 is 0 Å². The lowest BCUT2D eigenvalue weighted by Crippen LogP contribution is -2.27. The highest BCUT2D eigenvalue weighted by Gasteiger charge is 2.06. The molecule has 0 saturated heterocycles. The van der Waals surface area contributed by atoms with Crippen molar-refractivity contribution < 1.29 is 14.6 Å². The molecule has 1 amide bonds. The summed E-state index contributed by atoms with van der Waals surface area (Å²) in [6.45, 7) is 0.366. The Kier molecular flexibility index (Phi) is 3.43. The van der Waals surface area contributed by atoms with Crippen LogP contribution in [0.2, 0.25) is 0 Å². The number of benzene rings is 1. The maximum Gasteiger partial charge on any atom is 0.252 e. The number of nitrogens with zero attached hydrogens (tertiary/aromatic N) is 1. The van der Waals surface area contributed by atoms with E-state index in [2.05, 4.69) is 5.32 Å². The molecule has 18 heavy (non-hydrogen) atoms. The molecule has 0 atom stereocenters. The highest BCUT2D eigenvalue weighted by Crippen LogP contribution is 2.09. The predicted molar refractivity (Wildman–Crippen MR) is 64.7 cm³/mol. The Morgan fingerprint density at radius 2 is 1.78 bits per heavy atom. The van der Waals surface area contributed by atoms with Crippen LogP contribution in [0.1, 0.15) is 15.9 Å². The Hall–Kier alpha value is -2.56. The molecule has 0 aliphatic carbocycles. The first kappa shape index (κ1) is 11.9. The van der Waals surface area contributed by atoms with Crippen LogP contribution < -0.4 is 10.0 Å². The van der Waals surface area contributed by atoms with Crippen LogP contribution in [0.15, 0.2) is 48.8 Å². The lowest BCUT2D eigenvalue weighted by molar-refractivity contribution is -0.605. The molecule has 92 valence electrons. The van der Waals surface area contributed by atoms with Crippen LogP contribution in [0.3, 0.4) is 0 Å². The molecule has 1 heterocycles. The van der Waals surface area contributed by atoms with Crippen molar-refractivity contribution in [1.82, 2.24) is 5.32 Å². The summed E-state index contributed by atoms with van der Waals surface area (Å²) in [5, 5.41) is 22.7. The molecule has 0 fully saturated rings. The number of nitrogens with one attached hydrogen (secondary N) is 1. The van der Waals surface area contributed by atoms with Gasteiger partial charge in [-0.3, -0.25) is 4.79 Å². The fourth-order valence-corrected chi connectivity index (χ4v) is 1.46. The van der Waals surface area contributed by atoms with Gasteiger partial charge in [-0.2, -0.15) is 4.73 Å². The molecular weight excluding hydrogens is 232 g/mol. The Morgan fingerprint density at radius 1 is 1.17 bits per heavy atom. The fourth-order valence-electron chi connectivity index (χ4n) is 1.46. The van der Waals surface area contributed by atoms with Gasteiger partial charge in [0, 0.05) is 18.7 Å². The molecule has 0 unspecified atom stereocenters. The zero-order valence-electron chi connectivity index (χ0n) is 9.54. The minimum Gasteiger partial charge on any atom is -0.619 e. The summed E-state index contributed by atoms with van der Waals surface area (Å²) in [5.74, 6) is -0.0585. The normalized spacial score (nSPS) is 10.0. The maximum atomic E-state index is 11.7. The average molecular weight is 244 g/mol. The smallest absolute Gasteiger partial charge is 0.252 e. The van der Waals surface area contributed by atoms with Crippen LogP contribution in [0.4, 0.5) is 0 Å². The van der Waals surface area contributed by atoms with Gasteiger partial charge in [-0.05, 0) is 17.7 Å². The second kappa shape index (κ2) is 5.18. The van der Waals surface area contributed by atoms with Gasteiger partial charge < -0.3 is 15.6 Å². The summed E-state index contributed by atoms with van der Waals surface area (Å²) in [5.41, 5.74) is 1.32. The van der Waals surface area contributed by atoms with Crippen molar-refractivity contribution in [3.8, 4) is 5.75 Å². The molecule has 0 radical (unpaired) electrons. The monoisotopic (exact) mass is 244 g/mol. The molecule has 2 rings (SSSR count). The number of hydrogen-bond donors (Lipinski definition) is 2. The summed E-state index contributed by atoms with van der Waals surface area (Å²) in [4.78, 5) is 11.7. The van der Waals surface area contributed by atoms with Crippen LogP contribution in [-0.4, -0.2) is 11.0 Å². The van der Waals surface area contributed by atoms with Crippen molar-refractivity contribution in [2.24, 2.45) is 0 Å². The zero-order valence-corrected chi connectivity index (χ0v) is 9.54. The molecule has 0 bridgehead atoms. The summed E-state index contributed by atoms with van der Waals surface area (Å²) >= 11 is 0. The third-order valence-electron chi connectivity index (χ3n) is 2.45. The van der Waals surface area contributed by atoms with Crippen molar-refractivity contribution in [2.45, 2.75) is 6.54 Å². The van der Waals surface area contributed by atoms with E-state index in [9.17, 15) is 10.0 Å². The van der Waals surface area contributed by atoms with E-state index in [1.165, 1.54) is 24.5 Å². The Labute approximate surface area is 104 Å². The van der Waals surface area contributed by atoms with Crippen LogP contribution in [0.25, 0.3) is 0 Å². The molecule has 0 aliphatic rings. The number of carbonyl (C=O) groups is 1. The number of hydrogen-bond acceptors (Lipinski definition) is 3. The summed E-state index contributed by atoms with van der Waals surface area (Å²) in [6, 6.07) is 9.49. The van der Waals surface area contributed by atoms with E-state index in [4.69, 9.17) is 5.11 Å². The highest BCUT2D eigenvalue weighted by molar-refractivity contribution is 5.93.